The van der Waals surface area contributed by atoms with E-state index in [9.17, 15) is 0 Å². The molecule has 1 aliphatic carbocycles. The van der Waals surface area contributed by atoms with Crippen LogP contribution in [0.4, 0.5) is 17.1 Å². The maximum absolute atomic E-state index is 6.98. The molecule has 13 aromatic carbocycles. The molecule has 0 unspecified atom stereocenters. The van der Waals surface area contributed by atoms with E-state index in [4.69, 9.17) is 4.42 Å². The Hall–Kier alpha value is -10.0. The third kappa shape index (κ3) is 7.18. The molecule has 0 aliphatic heterocycles. The molecule has 77 heavy (non-hydrogen) atoms. The molecule has 0 saturated carbocycles. The van der Waals surface area contributed by atoms with E-state index in [1.807, 2.05) is 0 Å². The highest BCUT2D eigenvalue weighted by molar-refractivity contribution is 6.18. The van der Waals surface area contributed by atoms with Crippen LogP contribution in [0.1, 0.15) is 22.3 Å². The summed E-state index contributed by atoms with van der Waals surface area (Å²) < 4.78 is 6.98. The van der Waals surface area contributed by atoms with Crippen LogP contribution in [0.3, 0.4) is 0 Å². The highest BCUT2D eigenvalue weighted by atomic mass is 16.3. The van der Waals surface area contributed by atoms with Crippen molar-refractivity contribution in [3.05, 3.63) is 320 Å². The lowest BCUT2D eigenvalue weighted by atomic mass is 9.67. The van der Waals surface area contributed by atoms with Crippen molar-refractivity contribution in [2.24, 2.45) is 0 Å². The van der Waals surface area contributed by atoms with Crippen molar-refractivity contribution in [2.75, 3.05) is 4.90 Å². The van der Waals surface area contributed by atoms with E-state index in [2.05, 4.69) is 302 Å². The topological polar surface area (TPSA) is 16.4 Å². The van der Waals surface area contributed by atoms with Gasteiger partial charge in [0, 0.05) is 22.3 Å². The zero-order chi connectivity index (χ0) is 50.9. The molecule has 1 heterocycles. The van der Waals surface area contributed by atoms with Gasteiger partial charge >= 0.3 is 0 Å². The Kier molecular flexibility index (Phi) is 10.5. The molecule has 1 aliphatic rings. The van der Waals surface area contributed by atoms with Crippen LogP contribution in [0.5, 0.6) is 0 Å². The Morgan fingerprint density at radius 2 is 0.740 bits per heavy atom. The largest absolute Gasteiger partial charge is 0.455 e. The van der Waals surface area contributed by atoms with Crippen LogP contribution in [0.2, 0.25) is 0 Å². The Morgan fingerprint density at radius 3 is 1.40 bits per heavy atom. The van der Waals surface area contributed by atoms with Crippen molar-refractivity contribution in [2.45, 2.75) is 5.41 Å². The van der Waals surface area contributed by atoms with Gasteiger partial charge < -0.3 is 9.32 Å². The monoisotopic (exact) mass is 979 g/mol. The predicted molar refractivity (Wildman–Crippen MR) is 322 cm³/mol. The summed E-state index contributed by atoms with van der Waals surface area (Å²) in [5, 5.41) is 7.04. The Morgan fingerprint density at radius 1 is 0.286 bits per heavy atom. The molecular weight excluding hydrogens is 931 g/mol. The number of hydrogen-bond donors (Lipinski definition) is 0. The highest BCUT2D eigenvalue weighted by Gasteiger charge is 2.46. The average molecular weight is 980 g/mol. The van der Waals surface area contributed by atoms with E-state index in [0.29, 0.717) is 0 Å². The molecule has 0 amide bonds. The number of anilines is 3. The quantitative estimate of drug-likeness (QED) is 0.143. The van der Waals surface area contributed by atoms with Crippen LogP contribution in [0, 0.1) is 0 Å². The summed E-state index contributed by atoms with van der Waals surface area (Å²) in [5.41, 5.74) is 21.3. The number of hydrogen-bond acceptors (Lipinski definition) is 2. The molecule has 360 valence electrons. The fourth-order valence-corrected chi connectivity index (χ4v) is 12.6. The van der Waals surface area contributed by atoms with Gasteiger partial charge in [0.2, 0.25) is 0 Å². The van der Waals surface area contributed by atoms with E-state index < -0.39 is 5.41 Å². The highest BCUT2D eigenvalue weighted by Crippen LogP contribution is 2.57. The van der Waals surface area contributed by atoms with Crippen LogP contribution < -0.4 is 4.90 Å². The second-order valence-corrected chi connectivity index (χ2v) is 20.3. The van der Waals surface area contributed by atoms with Gasteiger partial charge in [-0.25, -0.2) is 0 Å². The number of furan rings is 1. The number of rotatable bonds is 9. The number of para-hydroxylation sites is 1. The standard InChI is InChI=1S/C75H49NO/c1-3-21-57(22-4-1)75(58-23-5-2-6-24-58)69-31-13-11-27-65(69)66-46-41-56(49-70(66)75)52-39-44-60(45-40-52)76(59-42-37-51(38-43-59)50-33-35-55(36-34-50)62-29-15-19-53-17-7-9-25-61(53)62)71-48-47-67(64-30-16-20-54-18-8-10-26-63(54)64)74-73(71)68-28-12-14-32-72(68)77-74/h1-49H. The van der Waals surface area contributed by atoms with Crippen LogP contribution in [0.15, 0.2) is 302 Å². The minimum absolute atomic E-state index is 0.483. The smallest absolute Gasteiger partial charge is 0.145 e. The van der Waals surface area contributed by atoms with Crippen molar-refractivity contribution < 1.29 is 4.42 Å². The van der Waals surface area contributed by atoms with Gasteiger partial charge in [-0.1, -0.05) is 249 Å². The Bertz CT molecular complexity index is 4480. The first-order valence-corrected chi connectivity index (χ1v) is 26.6. The summed E-state index contributed by atoms with van der Waals surface area (Å²) in [6.07, 6.45) is 0. The van der Waals surface area contributed by atoms with Gasteiger partial charge in [-0.15, -0.1) is 0 Å². The van der Waals surface area contributed by atoms with E-state index >= 15 is 0 Å². The van der Waals surface area contributed by atoms with Crippen molar-refractivity contribution in [3.8, 4) is 55.6 Å². The zero-order valence-corrected chi connectivity index (χ0v) is 42.1. The maximum atomic E-state index is 6.98. The Labute approximate surface area is 448 Å². The lowest BCUT2D eigenvalue weighted by molar-refractivity contribution is 0.670. The summed E-state index contributed by atoms with van der Waals surface area (Å²) in [5.74, 6) is 0. The van der Waals surface area contributed by atoms with E-state index in [1.54, 1.807) is 0 Å². The molecule has 0 fully saturated rings. The van der Waals surface area contributed by atoms with Gasteiger partial charge in [-0.2, -0.15) is 0 Å². The van der Waals surface area contributed by atoms with Crippen LogP contribution in [-0.2, 0) is 5.41 Å². The molecule has 14 aromatic rings. The SMILES string of the molecule is c1ccc(C2(c3ccccc3)c3ccccc3-c3ccc(-c4ccc(N(c5ccc(-c6ccc(-c7cccc8ccccc78)cc6)cc5)c5ccc(-c6cccc7ccccc67)c6oc7ccccc7c56)cc4)cc32)cc1. The molecule has 1 aromatic heterocycles. The summed E-state index contributed by atoms with van der Waals surface area (Å²) in [7, 11) is 0. The molecule has 0 N–H and O–H groups in total. The van der Waals surface area contributed by atoms with Crippen molar-refractivity contribution in [1.82, 2.24) is 0 Å². The molecule has 0 atom stereocenters. The fraction of sp³-hybridized carbons (Fsp3) is 0.0133. The number of benzene rings is 13. The normalized spacial score (nSPS) is 12.5. The summed E-state index contributed by atoms with van der Waals surface area (Å²) in [6.45, 7) is 0. The van der Waals surface area contributed by atoms with E-state index in [1.165, 1.54) is 77.2 Å². The second kappa shape index (κ2) is 18.1. The zero-order valence-electron chi connectivity index (χ0n) is 42.1. The molecule has 15 rings (SSSR count). The van der Waals surface area contributed by atoms with Crippen LogP contribution in [0.25, 0.3) is 99.1 Å². The minimum Gasteiger partial charge on any atom is -0.455 e. The first-order chi connectivity index (χ1) is 38.2. The van der Waals surface area contributed by atoms with Crippen LogP contribution in [-0.4, -0.2) is 0 Å². The Balaban J connectivity index is 0.873. The second-order valence-electron chi connectivity index (χ2n) is 20.3. The van der Waals surface area contributed by atoms with Crippen molar-refractivity contribution >= 4 is 60.5 Å². The van der Waals surface area contributed by atoms with E-state index in [-0.39, 0.29) is 0 Å². The third-order valence-electron chi connectivity index (χ3n) is 16.2. The molecule has 0 saturated heterocycles. The summed E-state index contributed by atoms with van der Waals surface area (Å²) in [6, 6.07) is 109. The minimum atomic E-state index is -0.483. The van der Waals surface area contributed by atoms with Gasteiger partial charge in [0.15, 0.2) is 0 Å². The summed E-state index contributed by atoms with van der Waals surface area (Å²) >= 11 is 0. The molecular formula is C75H49NO. The van der Waals surface area contributed by atoms with Gasteiger partial charge in [0.25, 0.3) is 0 Å². The van der Waals surface area contributed by atoms with Crippen molar-refractivity contribution in [1.29, 1.82) is 0 Å². The fourth-order valence-electron chi connectivity index (χ4n) is 12.6. The van der Waals surface area contributed by atoms with E-state index in [0.717, 1.165) is 61.3 Å². The third-order valence-corrected chi connectivity index (χ3v) is 16.2. The average Bonchev–Trinajstić information content (AvgIpc) is 4.10. The lowest BCUT2D eigenvalue weighted by Crippen LogP contribution is -2.28. The van der Waals surface area contributed by atoms with Gasteiger partial charge in [0.05, 0.1) is 16.5 Å². The molecule has 0 bridgehead atoms. The van der Waals surface area contributed by atoms with Gasteiger partial charge in [-0.05, 0) is 142 Å². The maximum Gasteiger partial charge on any atom is 0.145 e. The van der Waals surface area contributed by atoms with Crippen LogP contribution >= 0.6 is 0 Å². The van der Waals surface area contributed by atoms with Crippen molar-refractivity contribution in [3.63, 3.8) is 0 Å². The lowest BCUT2D eigenvalue weighted by Gasteiger charge is -2.34. The number of fused-ring (bicyclic) bond motifs is 8. The first kappa shape index (κ1) is 44.5. The molecule has 2 heteroatoms. The number of nitrogens with zero attached hydrogens (tertiary/aromatic N) is 1. The molecule has 0 radical (unpaired) electrons. The first-order valence-electron chi connectivity index (χ1n) is 26.6. The van der Waals surface area contributed by atoms with Gasteiger partial charge in [0.1, 0.15) is 11.2 Å². The van der Waals surface area contributed by atoms with Gasteiger partial charge in [-0.3, -0.25) is 0 Å². The molecule has 2 nitrogen and oxygen atoms in total. The predicted octanol–water partition coefficient (Wildman–Crippen LogP) is 20.4. The summed E-state index contributed by atoms with van der Waals surface area (Å²) in [4.78, 5) is 2.41. The molecule has 0 spiro atoms.